The number of ether oxygens (including phenoxy) is 1. The van der Waals surface area contributed by atoms with E-state index in [9.17, 15) is 14.4 Å². The van der Waals surface area contributed by atoms with Crippen LogP contribution in [0.1, 0.15) is 31.7 Å². The quantitative estimate of drug-likeness (QED) is 0.869. The zero-order valence-electron chi connectivity index (χ0n) is 12.0. The lowest BCUT2D eigenvalue weighted by Crippen LogP contribution is -2.50. The summed E-state index contributed by atoms with van der Waals surface area (Å²) in [4.78, 5) is 37.9. The lowest BCUT2D eigenvalue weighted by atomic mass is 9.99. The summed E-state index contributed by atoms with van der Waals surface area (Å²) in [6.07, 6.45) is 0. The number of hydrogen-bond donors (Lipinski definition) is 1. The van der Waals surface area contributed by atoms with Crippen LogP contribution in [0.2, 0.25) is 0 Å². The molecular formula is C14H16N2O4S. The maximum Gasteiger partial charge on any atom is 0.338 e. The zero-order chi connectivity index (χ0) is 15.6. The minimum absolute atomic E-state index is 0.223. The van der Waals surface area contributed by atoms with Gasteiger partial charge in [-0.3, -0.25) is 9.69 Å². The zero-order valence-corrected chi connectivity index (χ0v) is 12.8. The highest BCUT2D eigenvalue weighted by molar-refractivity contribution is 7.10. The van der Waals surface area contributed by atoms with Gasteiger partial charge in [0.05, 0.1) is 12.2 Å². The van der Waals surface area contributed by atoms with Crippen molar-refractivity contribution in [1.82, 2.24) is 10.2 Å². The summed E-state index contributed by atoms with van der Waals surface area (Å²) in [5.74, 6) is -0.958. The van der Waals surface area contributed by atoms with Crippen LogP contribution in [0.3, 0.4) is 0 Å². The molecule has 21 heavy (non-hydrogen) atoms. The van der Waals surface area contributed by atoms with E-state index in [0.717, 1.165) is 9.78 Å². The Labute approximate surface area is 126 Å². The van der Waals surface area contributed by atoms with Crippen molar-refractivity contribution in [2.45, 2.75) is 26.8 Å². The van der Waals surface area contributed by atoms with Crippen LogP contribution in [0.15, 0.2) is 28.8 Å². The van der Waals surface area contributed by atoms with Crippen LogP contribution in [-0.4, -0.2) is 29.4 Å². The van der Waals surface area contributed by atoms with E-state index in [4.69, 9.17) is 4.74 Å². The van der Waals surface area contributed by atoms with Gasteiger partial charge in [0, 0.05) is 17.5 Å². The topological polar surface area (TPSA) is 75.7 Å². The fourth-order valence-electron chi connectivity index (χ4n) is 2.25. The van der Waals surface area contributed by atoms with Crippen molar-refractivity contribution in [3.8, 4) is 0 Å². The number of hydrogen-bond acceptors (Lipinski definition) is 5. The van der Waals surface area contributed by atoms with Crippen LogP contribution >= 0.6 is 11.3 Å². The Morgan fingerprint density at radius 2 is 2.19 bits per heavy atom. The number of allylic oxidation sites excluding steroid dienone is 1. The van der Waals surface area contributed by atoms with Crippen molar-refractivity contribution in [2.75, 3.05) is 6.61 Å². The van der Waals surface area contributed by atoms with E-state index in [-0.39, 0.29) is 12.2 Å². The highest BCUT2D eigenvalue weighted by Gasteiger charge is 2.41. The second-order valence-electron chi connectivity index (χ2n) is 4.50. The minimum atomic E-state index is -0.740. The number of nitrogens with one attached hydrogen (secondary N) is 1. The molecule has 7 heteroatoms. The van der Waals surface area contributed by atoms with Gasteiger partial charge in [-0.05, 0) is 25.3 Å². The molecule has 1 aliphatic heterocycles. The van der Waals surface area contributed by atoms with Gasteiger partial charge in [0.15, 0.2) is 0 Å². The molecule has 0 radical (unpaired) electrons. The van der Waals surface area contributed by atoms with Crippen LogP contribution in [0.25, 0.3) is 0 Å². The molecular weight excluding hydrogens is 292 g/mol. The normalized spacial score (nSPS) is 18.5. The number of urea groups is 1. The first kappa shape index (κ1) is 15.2. The summed E-state index contributed by atoms with van der Waals surface area (Å²) in [5, 5.41) is 4.37. The van der Waals surface area contributed by atoms with Crippen molar-refractivity contribution in [3.05, 3.63) is 33.7 Å². The standard InChI is InChI=1S/C14H16N2O4S/c1-4-20-13(18)11-8(2)15-14(19)16(9(3)17)12(11)10-6-5-7-21-10/h5-7,12H,4H2,1-3H3,(H,15,19)/t12-/m1/s1. The Bertz CT molecular complexity index is 607. The number of esters is 1. The lowest BCUT2D eigenvalue weighted by molar-refractivity contribution is -0.139. The first-order valence-corrected chi connectivity index (χ1v) is 7.37. The molecule has 0 saturated carbocycles. The van der Waals surface area contributed by atoms with Gasteiger partial charge < -0.3 is 10.1 Å². The second-order valence-corrected chi connectivity index (χ2v) is 5.48. The summed E-state index contributed by atoms with van der Waals surface area (Å²) in [6.45, 7) is 4.85. The Hall–Kier alpha value is -2.15. The average Bonchev–Trinajstić information content (AvgIpc) is 2.90. The number of rotatable bonds is 3. The molecule has 0 aromatic carbocycles. The van der Waals surface area contributed by atoms with E-state index in [0.29, 0.717) is 5.70 Å². The molecule has 6 nitrogen and oxygen atoms in total. The van der Waals surface area contributed by atoms with Crippen LogP contribution in [0, 0.1) is 0 Å². The maximum atomic E-state index is 12.2. The van der Waals surface area contributed by atoms with Gasteiger partial charge in [0.2, 0.25) is 5.91 Å². The summed E-state index contributed by atoms with van der Waals surface area (Å²) < 4.78 is 5.06. The summed E-state index contributed by atoms with van der Waals surface area (Å²) in [7, 11) is 0. The van der Waals surface area contributed by atoms with E-state index in [1.807, 2.05) is 11.4 Å². The van der Waals surface area contributed by atoms with Gasteiger partial charge >= 0.3 is 12.0 Å². The molecule has 112 valence electrons. The third-order valence-corrected chi connectivity index (χ3v) is 4.02. The maximum absolute atomic E-state index is 12.2. The third-order valence-electron chi connectivity index (χ3n) is 3.10. The molecule has 2 rings (SSSR count). The van der Waals surface area contributed by atoms with Crippen molar-refractivity contribution in [1.29, 1.82) is 0 Å². The molecule has 1 aromatic rings. The van der Waals surface area contributed by atoms with Gasteiger partial charge in [-0.25, -0.2) is 9.59 Å². The molecule has 1 atom stereocenters. The Morgan fingerprint density at radius 1 is 1.48 bits per heavy atom. The van der Waals surface area contributed by atoms with E-state index in [1.54, 1.807) is 19.9 Å². The van der Waals surface area contributed by atoms with Crippen LogP contribution in [0.5, 0.6) is 0 Å². The number of nitrogens with zero attached hydrogens (tertiary/aromatic N) is 1. The van der Waals surface area contributed by atoms with Gasteiger partial charge in [-0.2, -0.15) is 0 Å². The molecule has 0 unspecified atom stereocenters. The average molecular weight is 308 g/mol. The fraction of sp³-hybridized carbons (Fsp3) is 0.357. The predicted molar refractivity (Wildman–Crippen MR) is 77.4 cm³/mol. The van der Waals surface area contributed by atoms with Gasteiger partial charge in [-0.15, -0.1) is 11.3 Å². The number of amides is 3. The fourth-order valence-corrected chi connectivity index (χ4v) is 3.08. The molecule has 1 aromatic heterocycles. The SMILES string of the molecule is CCOC(=O)C1=C(C)NC(=O)N(C(C)=O)[C@@H]1c1cccs1. The lowest BCUT2D eigenvalue weighted by Gasteiger charge is -2.34. The molecule has 0 saturated heterocycles. The van der Waals surface area contributed by atoms with Crippen molar-refractivity contribution < 1.29 is 19.1 Å². The van der Waals surface area contributed by atoms with Crippen molar-refractivity contribution in [2.24, 2.45) is 0 Å². The molecule has 0 spiro atoms. The van der Waals surface area contributed by atoms with Gasteiger partial charge in [-0.1, -0.05) is 6.07 Å². The van der Waals surface area contributed by atoms with Crippen LogP contribution in [-0.2, 0) is 14.3 Å². The molecule has 1 aliphatic rings. The highest BCUT2D eigenvalue weighted by atomic mass is 32.1. The number of carbonyl (C=O) groups is 3. The molecule has 3 amide bonds. The van der Waals surface area contributed by atoms with E-state index < -0.39 is 23.9 Å². The van der Waals surface area contributed by atoms with Crippen molar-refractivity contribution >= 4 is 29.2 Å². The van der Waals surface area contributed by atoms with Crippen LogP contribution in [0.4, 0.5) is 4.79 Å². The number of thiophene rings is 1. The first-order chi connectivity index (χ1) is 9.97. The Balaban J connectivity index is 2.56. The van der Waals surface area contributed by atoms with Crippen molar-refractivity contribution in [3.63, 3.8) is 0 Å². The monoisotopic (exact) mass is 308 g/mol. The van der Waals surface area contributed by atoms with E-state index >= 15 is 0 Å². The molecule has 0 aliphatic carbocycles. The molecule has 0 bridgehead atoms. The van der Waals surface area contributed by atoms with E-state index in [2.05, 4.69) is 5.32 Å². The largest absolute Gasteiger partial charge is 0.463 e. The van der Waals surface area contributed by atoms with Gasteiger partial charge in [0.25, 0.3) is 0 Å². The third kappa shape index (κ3) is 2.82. The summed E-state index contributed by atoms with van der Waals surface area (Å²) in [5.41, 5.74) is 0.698. The van der Waals surface area contributed by atoms with Gasteiger partial charge in [0.1, 0.15) is 6.04 Å². The number of carbonyl (C=O) groups excluding carboxylic acids is 3. The molecule has 1 N–H and O–H groups in total. The summed E-state index contributed by atoms with van der Waals surface area (Å²) >= 11 is 1.38. The predicted octanol–water partition coefficient (Wildman–Crippen LogP) is 2.20. The van der Waals surface area contributed by atoms with E-state index in [1.165, 1.54) is 18.3 Å². The smallest absolute Gasteiger partial charge is 0.338 e. The number of imide groups is 1. The Morgan fingerprint density at radius 3 is 2.71 bits per heavy atom. The Kier molecular flexibility index (Phi) is 4.42. The highest BCUT2D eigenvalue weighted by Crippen LogP contribution is 2.36. The molecule has 0 fully saturated rings. The molecule has 2 heterocycles. The first-order valence-electron chi connectivity index (χ1n) is 6.49. The summed E-state index contributed by atoms with van der Waals surface area (Å²) in [6, 6.07) is 2.32. The minimum Gasteiger partial charge on any atom is -0.463 e. The van der Waals surface area contributed by atoms with Crippen LogP contribution < -0.4 is 5.32 Å². The second kappa shape index (κ2) is 6.09.